The Kier molecular flexibility index (Phi) is 4.42. The van der Waals surface area contributed by atoms with Crippen molar-refractivity contribution in [3.63, 3.8) is 0 Å². The number of rotatable bonds is 2. The van der Waals surface area contributed by atoms with E-state index in [1.807, 2.05) is 13.8 Å². The van der Waals surface area contributed by atoms with Crippen LogP contribution in [0.15, 0.2) is 30.3 Å². The molecule has 0 unspecified atom stereocenters. The first-order valence-electron chi connectivity index (χ1n) is 9.06. The highest BCUT2D eigenvalue weighted by Gasteiger charge is 2.35. The largest absolute Gasteiger partial charge is 0.416 e. The van der Waals surface area contributed by atoms with E-state index in [0.717, 1.165) is 16.9 Å². The minimum absolute atomic E-state index is 0.0208. The molecule has 0 bridgehead atoms. The molecule has 1 aromatic carbocycles. The second-order valence-electron chi connectivity index (χ2n) is 7.68. The van der Waals surface area contributed by atoms with Crippen molar-refractivity contribution in [2.75, 3.05) is 0 Å². The Balaban J connectivity index is 1.71. The number of carbonyl (C=O) groups is 1. The van der Waals surface area contributed by atoms with Crippen molar-refractivity contribution >= 4 is 5.78 Å². The van der Waals surface area contributed by atoms with Gasteiger partial charge in [0.05, 0.1) is 28.6 Å². The molecule has 1 aliphatic carbocycles. The third-order valence-electron chi connectivity index (χ3n) is 5.07. The fourth-order valence-electron chi connectivity index (χ4n) is 3.31. The number of ketones is 1. The van der Waals surface area contributed by atoms with E-state index in [1.54, 1.807) is 18.2 Å². The topological polar surface area (TPSA) is 97.3 Å². The van der Waals surface area contributed by atoms with Crippen molar-refractivity contribution < 1.29 is 18.0 Å². The molecule has 2 heterocycles. The summed E-state index contributed by atoms with van der Waals surface area (Å²) < 4.78 is 39.3. The van der Waals surface area contributed by atoms with Gasteiger partial charge in [0, 0.05) is 11.0 Å². The Hall–Kier alpha value is -3.61. The summed E-state index contributed by atoms with van der Waals surface area (Å²) in [6.45, 7) is 3.79. The van der Waals surface area contributed by atoms with Gasteiger partial charge in [-0.2, -0.15) is 18.4 Å². The maximum Gasteiger partial charge on any atom is 0.416 e. The van der Waals surface area contributed by atoms with E-state index in [0.29, 0.717) is 29.8 Å². The number of aromatic nitrogens is 5. The number of alkyl halides is 3. The monoisotopic (exact) mass is 412 g/mol. The molecule has 0 N–H and O–H groups in total. The standard InChI is InChI=1S/C20H15F3N6O/c1-19(2)6-5-15-14(17(19)30)3-4-16(25-15)18-26-28-29(27-18)13-8-11(10-24)7-12(9-13)20(21,22)23/h3-4,7-9H,5-6H2,1-2H3. The Morgan fingerprint density at radius 1 is 1.20 bits per heavy atom. The van der Waals surface area contributed by atoms with Crippen LogP contribution in [0.3, 0.4) is 0 Å². The zero-order valence-corrected chi connectivity index (χ0v) is 16.0. The lowest BCUT2D eigenvalue weighted by molar-refractivity contribution is -0.137. The lowest BCUT2D eigenvalue weighted by Crippen LogP contribution is -2.31. The normalized spacial score (nSPS) is 15.5. The second-order valence-corrected chi connectivity index (χ2v) is 7.68. The highest BCUT2D eigenvalue weighted by molar-refractivity contribution is 6.02. The molecular weight excluding hydrogens is 397 g/mol. The highest BCUT2D eigenvalue weighted by atomic mass is 19.4. The molecule has 0 spiro atoms. The summed E-state index contributed by atoms with van der Waals surface area (Å²) in [4.78, 5) is 17.9. The first-order valence-corrected chi connectivity index (χ1v) is 9.06. The molecule has 3 aromatic rings. The van der Waals surface area contributed by atoms with Gasteiger partial charge in [-0.25, -0.2) is 4.98 Å². The van der Waals surface area contributed by atoms with E-state index in [1.165, 1.54) is 6.07 Å². The van der Waals surface area contributed by atoms with Crippen LogP contribution in [0.1, 0.15) is 47.4 Å². The maximum absolute atomic E-state index is 13.1. The van der Waals surface area contributed by atoms with Crippen molar-refractivity contribution in [1.82, 2.24) is 25.2 Å². The number of aryl methyl sites for hydroxylation is 1. The summed E-state index contributed by atoms with van der Waals surface area (Å²) in [6.07, 6.45) is -3.34. The van der Waals surface area contributed by atoms with Crippen molar-refractivity contribution in [3.8, 4) is 23.3 Å². The minimum Gasteiger partial charge on any atom is -0.294 e. The predicted molar refractivity (Wildman–Crippen MR) is 98.5 cm³/mol. The Labute approximate surface area is 169 Å². The van der Waals surface area contributed by atoms with Crippen molar-refractivity contribution in [2.45, 2.75) is 32.9 Å². The molecule has 0 amide bonds. The molecule has 30 heavy (non-hydrogen) atoms. The number of benzene rings is 1. The summed E-state index contributed by atoms with van der Waals surface area (Å²) in [5, 5.41) is 20.8. The average Bonchev–Trinajstić information content (AvgIpc) is 3.20. The number of hydrogen-bond acceptors (Lipinski definition) is 6. The fourth-order valence-corrected chi connectivity index (χ4v) is 3.31. The zero-order valence-electron chi connectivity index (χ0n) is 16.0. The SMILES string of the molecule is CC1(C)CCc2nc(-c3nnn(-c4cc(C#N)cc(C(F)(F)F)c4)n3)ccc2C1=O. The van der Waals surface area contributed by atoms with Crippen LogP contribution in [-0.4, -0.2) is 31.0 Å². The summed E-state index contributed by atoms with van der Waals surface area (Å²) >= 11 is 0. The van der Waals surface area contributed by atoms with Gasteiger partial charge in [0.2, 0.25) is 5.82 Å². The number of halogens is 3. The van der Waals surface area contributed by atoms with Crippen LogP contribution in [-0.2, 0) is 12.6 Å². The number of nitriles is 1. The molecule has 0 atom stereocenters. The first-order chi connectivity index (χ1) is 14.1. The van der Waals surface area contributed by atoms with Crippen LogP contribution in [0.2, 0.25) is 0 Å². The molecule has 0 saturated heterocycles. The Bertz CT molecular complexity index is 1210. The predicted octanol–water partition coefficient (Wildman–Crippen LogP) is 3.77. The van der Waals surface area contributed by atoms with Crippen LogP contribution in [0.4, 0.5) is 13.2 Å². The molecular formula is C20H15F3N6O. The molecule has 0 fully saturated rings. The molecule has 0 saturated carbocycles. The number of fused-ring (bicyclic) bond motifs is 1. The van der Waals surface area contributed by atoms with Crippen LogP contribution >= 0.6 is 0 Å². The van der Waals surface area contributed by atoms with Crippen LogP contribution < -0.4 is 0 Å². The van der Waals surface area contributed by atoms with Gasteiger partial charge in [-0.1, -0.05) is 13.8 Å². The van der Waals surface area contributed by atoms with E-state index >= 15 is 0 Å². The number of carbonyl (C=O) groups excluding carboxylic acids is 1. The van der Waals surface area contributed by atoms with Gasteiger partial charge < -0.3 is 0 Å². The van der Waals surface area contributed by atoms with Gasteiger partial charge >= 0.3 is 6.18 Å². The summed E-state index contributed by atoms with van der Waals surface area (Å²) in [5.41, 5.74) is -0.0948. The van der Waals surface area contributed by atoms with E-state index < -0.39 is 17.2 Å². The van der Waals surface area contributed by atoms with Gasteiger partial charge in [0.1, 0.15) is 5.69 Å². The Morgan fingerprint density at radius 3 is 2.67 bits per heavy atom. The summed E-state index contributed by atoms with van der Waals surface area (Å²) in [5.74, 6) is 0.124. The van der Waals surface area contributed by atoms with E-state index in [9.17, 15) is 18.0 Å². The molecule has 0 radical (unpaired) electrons. The number of tetrazole rings is 1. The first kappa shape index (κ1) is 19.7. The number of nitrogens with zero attached hydrogens (tertiary/aromatic N) is 6. The average molecular weight is 412 g/mol. The number of pyridine rings is 1. The van der Waals surface area contributed by atoms with Crippen molar-refractivity contribution in [2.24, 2.45) is 5.41 Å². The van der Waals surface area contributed by atoms with Crippen LogP contribution in [0.5, 0.6) is 0 Å². The van der Waals surface area contributed by atoms with E-state index in [2.05, 4.69) is 20.4 Å². The smallest absolute Gasteiger partial charge is 0.294 e. The second kappa shape index (κ2) is 6.73. The molecule has 10 heteroatoms. The lowest BCUT2D eigenvalue weighted by Gasteiger charge is -2.28. The van der Waals surface area contributed by atoms with Gasteiger partial charge in [-0.15, -0.1) is 15.0 Å². The summed E-state index contributed by atoms with van der Waals surface area (Å²) in [6, 6.07) is 7.79. The highest BCUT2D eigenvalue weighted by Crippen LogP contribution is 2.35. The third-order valence-corrected chi connectivity index (χ3v) is 5.07. The van der Waals surface area contributed by atoms with Crippen molar-refractivity contribution in [1.29, 1.82) is 5.26 Å². The minimum atomic E-state index is -4.62. The molecule has 2 aromatic heterocycles. The van der Waals surface area contributed by atoms with Gasteiger partial charge in [0.25, 0.3) is 0 Å². The Morgan fingerprint density at radius 2 is 1.97 bits per heavy atom. The molecule has 152 valence electrons. The fraction of sp³-hybridized carbons (Fsp3) is 0.300. The van der Waals surface area contributed by atoms with Crippen molar-refractivity contribution in [3.05, 3.63) is 52.7 Å². The van der Waals surface area contributed by atoms with Gasteiger partial charge in [0.15, 0.2) is 5.78 Å². The van der Waals surface area contributed by atoms with Gasteiger partial charge in [-0.3, -0.25) is 4.79 Å². The molecule has 0 aliphatic heterocycles. The van der Waals surface area contributed by atoms with E-state index in [-0.39, 0.29) is 22.9 Å². The third kappa shape index (κ3) is 3.43. The molecule has 4 rings (SSSR count). The number of Topliss-reactive ketones (excluding diaryl/α,β-unsaturated/α-hetero) is 1. The van der Waals surface area contributed by atoms with Crippen LogP contribution in [0.25, 0.3) is 17.2 Å². The quantitative estimate of drug-likeness (QED) is 0.636. The lowest BCUT2D eigenvalue weighted by atomic mass is 9.75. The molecule has 7 nitrogen and oxygen atoms in total. The zero-order chi connectivity index (χ0) is 21.7. The molecule has 1 aliphatic rings. The number of hydrogen-bond donors (Lipinski definition) is 0. The summed E-state index contributed by atoms with van der Waals surface area (Å²) in [7, 11) is 0. The van der Waals surface area contributed by atoms with Gasteiger partial charge in [-0.05, 0) is 48.4 Å². The maximum atomic E-state index is 13.1. The van der Waals surface area contributed by atoms with E-state index in [4.69, 9.17) is 5.26 Å². The van der Waals surface area contributed by atoms with Crippen LogP contribution in [0, 0.1) is 16.7 Å².